The average molecular weight is 455 g/mol. The van der Waals surface area contributed by atoms with E-state index in [9.17, 15) is 18.0 Å². The Hall–Kier alpha value is -3.13. The Labute approximate surface area is 188 Å². The van der Waals surface area contributed by atoms with Gasteiger partial charge in [-0.3, -0.25) is 4.79 Å². The summed E-state index contributed by atoms with van der Waals surface area (Å²) >= 11 is 0. The molecule has 0 unspecified atom stereocenters. The second-order valence-electron chi connectivity index (χ2n) is 8.09. The lowest BCUT2D eigenvalue weighted by Crippen LogP contribution is -2.43. The summed E-state index contributed by atoms with van der Waals surface area (Å²) in [6.07, 6.45) is 1.74. The van der Waals surface area contributed by atoms with E-state index < -0.39 is 40.0 Å². The number of hydrogen-bond acceptors (Lipinski definition) is 5. The van der Waals surface area contributed by atoms with E-state index in [0.29, 0.717) is 24.9 Å². The van der Waals surface area contributed by atoms with Crippen molar-refractivity contribution < 1.29 is 22.7 Å². The van der Waals surface area contributed by atoms with Crippen molar-refractivity contribution in [3.05, 3.63) is 84.4 Å². The lowest BCUT2D eigenvalue weighted by molar-refractivity contribution is -0.128. The molecule has 7 nitrogen and oxygen atoms in total. The minimum atomic E-state index is -3.90. The summed E-state index contributed by atoms with van der Waals surface area (Å²) in [7, 11) is -3.90. The summed E-state index contributed by atoms with van der Waals surface area (Å²) in [5.74, 6) is -1.39. The smallest absolute Gasteiger partial charge is 0.410 e. The number of allylic oxidation sites excluding steroid dienone is 1. The van der Waals surface area contributed by atoms with E-state index >= 15 is 0 Å². The molecule has 0 N–H and O–H groups in total. The van der Waals surface area contributed by atoms with Crippen LogP contribution in [0, 0.1) is 5.92 Å². The monoisotopic (exact) mass is 454 g/mol. The van der Waals surface area contributed by atoms with Gasteiger partial charge in [0.05, 0.1) is 23.8 Å². The molecule has 32 heavy (non-hydrogen) atoms. The minimum Gasteiger partial charge on any atom is -0.445 e. The Morgan fingerprint density at radius 1 is 1.06 bits per heavy atom. The molecule has 3 atom stereocenters. The van der Waals surface area contributed by atoms with Gasteiger partial charge in [-0.2, -0.15) is 0 Å². The molecule has 2 aromatic rings. The zero-order chi connectivity index (χ0) is 22.7. The van der Waals surface area contributed by atoms with Gasteiger partial charge in [-0.25, -0.2) is 17.5 Å². The number of benzene rings is 2. The molecule has 2 aromatic carbocycles. The molecule has 2 heterocycles. The third kappa shape index (κ3) is 4.27. The number of ether oxygens (including phenoxy) is 1. The van der Waals surface area contributed by atoms with Crippen LogP contribution in [0.2, 0.25) is 0 Å². The van der Waals surface area contributed by atoms with Crippen molar-refractivity contribution in [2.75, 3.05) is 6.54 Å². The van der Waals surface area contributed by atoms with Crippen LogP contribution in [0.1, 0.15) is 24.0 Å². The van der Waals surface area contributed by atoms with Gasteiger partial charge < -0.3 is 9.64 Å². The Balaban J connectivity index is 1.55. The molecule has 0 saturated carbocycles. The lowest BCUT2D eigenvalue weighted by atomic mass is 9.96. The van der Waals surface area contributed by atoms with Crippen molar-refractivity contribution in [2.45, 2.75) is 37.3 Å². The van der Waals surface area contributed by atoms with Crippen molar-refractivity contribution >= 4 is 22.0 Å². The van der Waals surface area contributed by atoms with Crippen LogP contribution in [0.4, 0.5) is 4.79 Å². The largest absolute Gasteiger partial charge is 0.445 e. The maximum Gasteiger partial charge on any atom is 0.410 e. The molecule has 168 valence electrons. The zero-order valence-electron chi connectivity index (χ0n) is 17.7. The van der Waals surface area contributed by atoms with Crippen LogP contribution in [0.5, 0.6) is 0 Å². The van der Waals surface area contributed by atoms with Gasteiger partial charge in [0.25, 0.3) is 0 Å². The third-order valence-corrected chi connectivity index (χ3v) is 7.77. The van der Waals surface area contributed by atoms with Crippen molar-refractivity contribution in [3.63, 3.8) is 0 Å². The van der Waals surface area contributed by atoms with Gasteiger partial charge in [0.15, 0.2) is 0 Å². The van der Waals surface area contributed by atoms with Crippen molar-refractivity contribution in [1.29, 1.82) is 0 Å². The van der Waals surface area contributed by atoms with Gasteiger partial charge in [-0.15, -0.1) is 6.58 Å². The van der Waals surface area contributed by atoms with E-state index in [4.69, 9.17) is 4.74 Å². The highest BCUT2D eigenvalue weighted by molar-refractivity contribution is 7.88. The predicted molar refractivity (Wildman–Crippen MR) is 120 cm³/mol. The van der Waals surface area contributed by atoms with Gasteiger partial charge in [0.2, 0.25) is 15.9 Å². The SMILES string of the molecule is C=CC[C@H]1C(=O)N(S(=O)(=O)Cc2ccccc2)[C@H]2CCN(C(=O)OCc3ccccc3)[C@H]12. The number of carbonyl (C=O) groups excluding carboxylic acids is 2. The van der Waals surface area contributed by atoms with Crippen LogP contribution in [0.15, 0.2) is 73.3 Å². The van der Waals surface area contributed by atoms with Gasteiger partial charge in [-0.05, 0) is 24.0 Å². The number of hydrogen-bond donors (Lipinski definition) is 0. The number of likely N-dealkylation sites (tertiary alicyclic amines) is 1. The molecular formula is C24H26N2O5S. The molecule has 2 amide bonds. The number of fused-ring (bicyclic) bond motifs is 1. The molecule has 2 aliphatic heterocycles. The molecule has 0 bridgehead atoms. The fourth-order valence-corrected chi connectivity index (χ4v) is 6.45. The Kier molecular flexibility index (Phi) is 6.32. The minimum absolute atomic E-state index is 0.115. The average Bonchev–Trinajstić information content (AvgIpc) is 3.32. The molecule has 2 aliphatic rings. The number of carbonyl (C=O) groups is 2. The highest BCUT2D eigenvalue weighted by atomic mass is 32.2. The molecule has 0 aromatic heterocycles. The molecule has 2 saturated heterocycles. The first kappa shape index (κ1) is 22.1. The van der Waals surface area contributed by atoms with Crippen LogP contribution >= 0.6 is 0 Å². The molecule has 0 radical (unpaired) electrons. The maximum atomic E-state index is 13.2. The Morgan fingerprint density at radius 2 is 1.69 bits per heavy atom. The summed E-state index contributed by atoms with van der Waals surface area (Å²) < 4.78 is 33.0. The molecule has 0 aliphatic carbocycles. The van der Waals surface area contributed by atoms with Gasteiger partial charge >= 0.3 is 6.09 Å². The molecule has 8 heteroatoms. The van der Waals surface area contributed by atoms with E-state index in [0.717, 1.165) is 9.87 Å². The normalized spacial score (nSPS) is 22.6. The first-order valence-electron chi connectivity index (χ1n) is 10.6. The third-order valence-electron chi connectivity index (χ3n) is 6.02. The van der Waals surface area contributed by atoms with E-state index in [1.165, 1.54) is 4.90 Å². The van der Waals surface area contributed by atoms with Crippen LogP contribution in [0.3, 0.4) is 0 Å². The second kappa shape index (κ2) is 9.16. The lowest BCUT2D eigenvalue weighted by Gasteiger charge is -2.26. The quantitative estimate of drug-likeness (QED) is 0.599. The van der Waals surface area contributed by atoms with Crippen molar-refractivity contribution in [1.82, 2.24) is 9.21 Å². The molecular weight excluding hydrogens is 428 g/mol. The van der Waals surface area contributed by atoms with Crippen LogP contribution in [-0.2, 0) is 31.9 Å². The topological polar surface area (TPSA) is 84.0 Å². The summed E-state index contributed by atoms with van der Waals surface area (Å²) in [4.78, 5) is 27.6. The van der Waals surface area contributed by atoms with Gasteiger partial charge in [0, 0.05) is 6.54 Å². The highest BCUT2D eigenvalue weighted by Crippen LogP contribution is 2.40. The zero-order valence-corrected chi connectivity index (χ0v) is 18.5. The summed E-state index contributed by atoms with van der Waals surface area (Å²) in [6.45, 7) is 4.17. The number of sulfonamides is 1. The first-order valence-corrected chi connectivity index (χ1v) is 12.2. The molecule has 0 spiro atoms. The maximum absolute atomic E-state index is 13.2. The van der Waals surface area contributed by atoms with E-state index in [-0.39, 0.29) is 12.4 Å². The van der Waals surface area contributed by atoms with Crippen LogP contribution < -0.4 is 0 Å². The van der Waals surface area contributed by atoms with E-state index in [1.54, 1.807) is 30.3 Å². The van der Waals surface area contributed by atoms with Gasteiger partial charge in [0.1, 0.15) is 6.61 Å². The number of rotatable bonds is 7. The summed E-state index contributed by atoms with van der Waals surface area (Å²) in [5.41, 5.74) is 1.47. The summed E-state index contributed by atoms with van der Waals surface area (Å²) in [5, 5.41) is 0. The van der Waals surface area contributed by atoms with E-state index in [2.05, 4.69) is 6.58 Å². The van der Waals surface area contributed by atoms with Gasteiger partial charge in [-0.1, -0.05) is 66.7 Å². The van der Waals surface area contributed by atoms with Crippen molar-refractivity contribution in [2.24, 2.45) is 5.92 Å². The van der Waals surface area contributed by atoms with Crippen molar-refractivity contribution in [3.8, 4) is 0 Å². The van der Waals surface area contributed by atoms with Crippen LogP contribution in [0.25, 0.3) is 0 Å². The predicted octanol–water partition coefficient (Wildman–Crippen LogP) is 3.33. The molecule has 4 rings (SSSR count). The second-order valence-corrected chi connectivity index (χ2v) is 9.93. The Bertz CT molecular complexity index is 1090. The number of nitrogens with zero attached hydrogens (tertiary/aromatic N) is 2. The highest BCUT2D eigenvalue weighted by Gasteiger charge is 2.58. The molecule has 2 fully saturated rings. The van der Waals surface area contributed by atoms with Crippen LogP contribution in [-0.4, -0.2) is 48.3 Å². The fraction of sp³-hybridized carbons (Fsp3) is 0.333. The van der Waals surface area contributed by atoms with E-state index in [1.807, 2.05) is 36.4 Å². The Morgan fingerprint density at radius 3 is 2.31 bits per heavy atom. The fourth-order valence-electron chi connectivity index (χ4n) is 4.65. The first-order chi connectivity index (χ1) is 15.4. The number of amides is 2. The standard InChI is InChI=1S/C24H26N2O5S/c1-2-9-20-22-21(14-15-25(22)24(28)31-16-18-10-5-3-6-11-18)26(23(20)27)32(29,30)17-19-12-7-4-8-13-19/h2-8,10-13,20-22H,1,9,14-17H2/t20-,21+,22-/m1/s1. The summed E-state index contributed by atoms with van der Waals surface area (Å²) in [6, 6.07) is 16.9.